The van der Waals surface area contributed by atoms with Crippen molar-refractivity contribution < 1.29 is 49.0 Å². The van der Waals surface area contributed by atoms with Crippen LogP contribution in [0, 0.1) is 63.1 Å². The monoisotopic (exact) mass is 1720 g/mol. The van der Waals surface area contributed by atoms with Crippen LogP contribution >= 0.6 is 0 Å². The number of pyridine rings is 2. The Balaban J connectivity index is 0.000000181. The van der Waals surface area contributed by atoms with E-state index in [1.807, 2.05) is 97.3 Å². The molecule has 0 spiro atoms. The van der Waals surface area contributed by atoms with Gasteiger partial charge >= 0.3 is 0 Å². The summed E-state index contributed by atoms with van der Waals surface area (Å²) in [4.78, 5) is 26.9. The average Bonchev–Trinajstić information content (AvgIpc) is 1.59. The number of aromatic nitrogens is 2. The molecule has 8 heterocycles. The molecule has 0 atom stereocenters. The molecular formula is C90H84Ir2N10O2-10. The van der Waals surface area contributed by atoms with Gasteiger partial charge in [0, 0.05) is 63.4 Å². The molecule has 0 unspecified atom stereocenters. The van der Waals surface area contributed by atoms with Crippen LogP contribution < -0.4 is 19.6 Å². The summed E-state index contributed by atoms with van der Waals surface area (Å²) in [6.45, 7) is 12.6. The topological polar surface area (TPSA) is 78.0 Å². The number of fused-ring (bicyclic) bond motifs is 6. The molecule has 0 aliphatic carbocycles. The van der Waals surface area contributed by atoms with Gasteiger partial charge in [0.1, 0.15) is 11.2 Å². The van der Waals surface area contributed by atoms with Crippen molar-refractivity contribution in [1.29, 1.82) is 0 Å². The Bertz CT molecular complexity index is 4790. The van der Waals surface area contributed by atoms with Gasteiger partial charge in [0.2, 0.25) is 0 Å². The minimum atomic E-state index is 0. The van der Waals surface area contributed by atoms with Crippen molar-refractivity contribution in [3.8, 4) is 22.5 Å². The molecule has 0 fully saturated rings. The Morgan fingerprint density at radius 3 is 1.29 bits per heavy atom. The molecule has 12 aromatic rings. The van der Waals surface area contributed by atoms with Crippen molar-refractivity contribution in [2.45, 2.75) is 103 Å². The second kappa shape index (κ2) is 36.2. The Hall–Kier alpha value is -9.68. The van der Waals surface area contributed by atoms with Crippen molar-refractivity contribution >= 4 is 66.6 Å². The number of aryl methyl sites for hydroxylation is 4. The number of hydrogen-bond donors (Lipinski definition) is 0. The Morgan fingerprint density at radius 2 is 0.788 bits per heavy atom. The number of benzene rings is 8. The minimum absolute atomic E-state index is 0. The Kier molecular flexibility index (Phi) is 25.3. The Labute approximate surface area is 641 Å². The van der Waals surface area contributed by atoms with E-state index in [4.69, 9.17) is 13.8 Å². The summed E-state index contributed by atoms with van der Waals surface area (Å²) in [6.07, 6.45) is 39.1. The van der Waals surface area contributed by atoms with Gasteiger partial charge in [-0.25, -0.2) is 0 Å². The number of anilines is 4. The molecule has 4 aromatic heterocycles. The molecule has 12 nitrogen and oxygen atoms in total. The van der Waals surface area contributed by atoms with Crippen LogP contribution in [0.5, 0.6) is 0 Å². The van der Waals surface area contributed by atoms with E-state index >= 15 is 0 Å². The van der Waals surface area contributed by atoms with Gasteiger partial charge in [-0.3, -0.25) is 0 Å². The fourth-order valence-electron chi connectivity index (χ4n) is 13.8. The van der Waals surface area contributed by atoms with Crippen molar-refractivity contribution in [2.24, 2.45) is 0 Å². The number of para-hydroxylation sites is 4. The van der Waals surface area contributed by atoms with Gasteiger partial charge in [-0.15, -0.1) is 70.8 Å². The summed E-state index contributed by atoms with van der Waals surface area (Å²) in [5, 5.41) is 4.61. The molecule has 8 aromatic carbocycles. The Morgan fingerprint density at radius 1 is 0.327 bits per heavy atom. The maximum atomic E-state index is 6.38. The van der Waals surface area contributed by atoms with E-state index in [1.165, 1.54) is 78.0 Å². The molecule has 2 radical (unpaired) electrons. The molecule has 0 amide bonds. The van der Waals surface area contributed by atoms with Crippen LogP contribution in [0.4, 0.5) is 22.7 Å². The molecule has 14 heteroatoms. The average molecular weight is 1720 g/mol. The van der Waals surface area contributed by atoms with Crippen LogP contribution in [0.1, 0.15) is 99.3 Å². The van der Waals surface area contributed by atoms with Gasteiger partial charge in [-0.1, -0.05) is 147 Å². The number of hydrogen-bond acceptors (Lipinski definition) is 12. The van der Waals surface area contributed by atoms with Gasteiger partial charge < -0.3 is 58.0 Å². The van der Waals surface area contributed by atoms with E-state index in [9.17, 15) is 0 Å². The van der Waals surface area contributed by atoms with Crippen LogP contribution in [-0.2, 0) is 65.9 Å². The van der Waals surface area contributed by atoms with E-state index in [1.54, 1.807) is 0 Å². The minimum Gasteiger partial charge on any atom is -0.508 e. The van der Waals surface area contributed by atoms with Gasteiger partial charge in [0.05, 0.1) is 11.2 Å². The summed E-state index contributed by atoms with van der Waals surface area (Å²) in [7, 11) is 0. The van der Waals surface area contributed by atoms with Crippen LogP contribution in [0.3, 0.4) is 0 Å². The van der Waals surface area contributed by atoms with Crippen LogP contribution in [0.15, 0.2) is 253 Å². The largest absolute Gasteiger partial charge is 0.508 e. The summed E-state index contributed by atoms with van der Waals surface area (Å²) < 4.78 is 12.6. The van der Waals surface area contributed by atoms with Gasteiger partial charge in [-0.05, 0) is 149 Å². The summed E-state index contributed by atoms with van der Waals surface area (Å²) in [6, 6.07) is 82.7. The number of unbranched alkanes of at least 4 members (excludes halogenated alkanes) is 8. The molecule has 4 aliphatic heterocycles. The molecular weight excluding hydrogens is 1640 g/mol. The van der Waals surface area contributed by atoms with E-state index in [0.717, 1.165) is 162 Å². The van der Waals surface area contributed by atoms with E-state index in [0.29, 0.717) is 0 Å². The molecule has 0 saturated heterocycles. The first kappa shape index (κ1) is 72.7. The summed E-state index contributed by atoms with van der Waals surface area (Å²) in [5.74, 6) is 0. The van der Waals surface area contributed by atoms with Crippen LogP contribution in [-0.4, -0.2) is 55.7 Å². The van der Waals surface area contributed by atoms with Gasteiger partial charge in [0.25, 0.3) is 0 Å². The first-order valence-corrected chi connectivity index (χ1v) is 36.3. The summed E-state index contributed by atoms with van der Waals surface area (Å²) >= 11 is 0. The van der Waals surface area contributed by atoms with Crippen LogP contribution in [0.2, 0.25) is 0 Å². The predicted octanol–water partition coefficient (Wildman–Crippen LogP) is 20.6. The van der Waals surface area contributed by atoms with E-state index < -0.39 is 0 Å². The molecule has 534 valence electrons. The van der Waals surface area contributed by atoms with E-state index in [-0.39, 0.29) is 40.2 Å². The number of rotatable bonds is 30. The van der Waals surface area contributed by atoms with Crippen LogP contribution in [0.25, 0.3) is 66.4 Å². The smallest absolute Gasteiger partial charge is 0.120 e. The van der Waals surface area contributed by atoms with Crippen molar-refractivity contribution in [1.82, 2.24) is 29.6 Å². The maximum Gasteiger partial charge on any atom is 0.120 e. The first-order chi connectivity index (χ1) is 50.5. The van der Waals surface area contributed by atoms with Crippen molar-refractivity contribution in [3.05, 3.63) is 329 Å². The standard InChI is InChI=1S/2C45H42N5O.2Ir/c1(2-5-15-37-23-26-40(42-19-10-11-27-46-42)45-44(37)41-18-8-9-20-43(41)51-45)4-14-36-21-24-39(25-22-36)50-33-31-48(35-50)29-13-12-28-47-30-32-49(34-47)38-16-6-3-7-17-38;1(2-5-14-37-23-26-43(46-33-37)42-19-12-18-41-40-17-8-9-20-44(40)51-45(41)42)4-13-36-21-24-39(25-22-36)50-32-30-48(35-50)28-11-10-27-47-29-31-49(34-47)38-15-6-3-7-16-38;;/h3,6-11,16,18-24,27,30-35H,1-2,4-5,12-15,28-29H2;3,6-9,12,15,17-18,20-24,26,29-35H,1-2,4-5,10-11,13-14,27-28H2;;/q2*-5;;. The third-order valence-corrected chi connectivity index (χ3v) is 19.4. The second-order valence-electron chi connectivity index (χ2n) is 26.6. The number of nitrogens with zero attached hydrogens (tertiary/aromatic N) is 10. The third kappa shape index (κ3) is 18.3. The van der Waals surface area contributed by atoms with Gasteiger partial charge in [-0.2, -0.15) is 135 Å². The zero-order valence-electron chi connectivity index (χ0n) is 58.5. The fourth-order valence-corrected chi connectivity index (χ4v) is 13.8. The molecule has 104 heavy (non-hydrogen) atoms. The predicted molar refractivity (Wildman–Crippen MR) is 413 cm³/mol. The maximum absolute atomic E-state index is 6.38. The number of furan rings is 2. The van der Waals surface area contributed by atoms with Crippen molar-refractivity contribution in [3.63, 3.8) is 0 Å². The quantitative estimate of drug-likeness (QED) is 0.0318. The van der Waals surface area contributed by atoms with Crippen molar-refractivity contribution in [2.75, 3.05) is 45.8 Å². The molecule has 0 bridgehead atoms. The van der Waals surface area contributed by atoms with E-state index in [2.05, 4.69) is 254 Å². The van der Waals surface area contributed by atoms with Gasteiger partial charge in [0.15, 0.2) is 0 Å². The molecule has 0 saturated carbocycles. The second-order valence-corrected chi connectivity index (χ2v) is 26.6. The molecule has 4 aliphatic rings. The first-order valence-electron chi connectivity index (χ1n) is 36.3. The third-order valence-electron chi connectivity index (χ3n) is 19.4. The zero-order chi connectivity index (χ0) is 68.5. The zero-order valence-corrected chi connectivity index (χ0v) is 63.3. The fraction of sp³-hybridized carbons (Fsp3) is 0.222. The normalized spacial score (nSPS) is 13.9. The summed E-state index contributed by atoms with van der Waals surface area (Å²) in [5.41, 5.74) is 16.8. The molecule has 0 N–H and O–H groups in total. The molecule has 16 rings (SSSR count). The SMILES string of the molecule is [Ir].[Ir].[c-]1ccccc1N1C=CN(CCCCN2C=CN(c3[c-]cc(CCCCCCc4c[c-]c(-c5ccccn5)c5oc6ccccc6c45)cc3)[CH-]2)[CH-]1.[c-]1ccccc1N1C=CN(CCCCN2C=CN(c3[c-]cc(CCCCCCc4ccc(-c5[c-]ccc6c5oc5ccccc56)nc4)cc3)[CH-]2)[CH-]1.